The first-order valence-electron chi connectivity index (χ1n) is 3.56. The van der Waals surface area contributed by atoms with Crippen molar-refractivity contribution in [1.82, 2.24) is 5.32 Å². The van der Waals surface area contributed by atoms with E-state index in [1.165, 1.54) is 0 Å². The molecular weight excluding hydrogens is 166 g/mol. The minimum Gasteiger partial charge on any atom is -0.441 e. The van der Waals surface area contributed by atoms with E-state index in [9.17, 15) is 9.90 Å². The van der Waals surface area contributed by atoms with Gasteiger partial charge < -0.3 is 25.4 Å². The second kappa shape index (κ2) is 3.70. The molecule has 1 fully saturated rings. The van der Waals surface area contributed by atoms with Gasteiger partial charge in [-0.3, -0.25) is 0 Å². The average Bonchev–Trinajstić information content (AvgIpc) is 2.49. The summed E-state index contributed by atoms with van der Waals surface area (Å²) < 4.78 is 4.57. The highest BCUT2D eigenvalue weighted by Crippen LogP contribution is 2.08. The molecule has 0 saturated carbocycles. The molecule has 1 heterocycles. The summed E-state index contributed by atoms with van der Waals surface area (Å²) >= 11 is 0. The molecule has 0 aliphatic carbocycles. The Labute approximate surface area is 68.8 Å². The molecule has 12 heavy (non-hydrogen) atoms. The largest absolute Gasteiger partial charge is 0.441 e. The molecule has 3 unspecified atom stereocenters. The maximum Gasteiger partial charge on any atom is 0.407 e. The molecule has 4 N–H and O–H groups in total. The number of hydrogen-bond acceptors (Lipinski definition) is 5. The molecule has 0 aromatic rings. The Morgan fingerprint density at radius 1 is 1.67 bits per heavy atom. The van der Waals surface area contributed by atoms with Crippen molar-refractivity contribution in [1.29, 1.82) is 0 Å². The van der Waals surface area contributed by atoms with E-state index in [0.29, 0.717) is 0 Å². The number of alkyl carbamates (subject to hydrolysis) is 1. The molecule has 1 aliphatic heterocycles. The topological polar surface area (TPSA) is 99.0 Å². The van der Waals surface area contributed by atoms with Gasteiger partial charge in [-0.2, -0.15) is 0 Å². The van der Waals surface area contributed by atoms with Gasteiger partial charge in [0.2, 0.25) is 0 Å². The minimum absolute atomic E-state index is 0.150. The van der Waals surface area contributed by atoms with Crippen LogP contribution in [0.4, 0.5) is 4.79 Å². The number of carbonyl (C=O) groups excluding carboxylic acids is 1. The SMILES string of the molecule is O=C1NCC(C(O)C(O)CO)O1. The number of aliphatic hydroxyl groups is 3. The van der Waals surface area contributed by atoms with Gasteiger partial charge >= 0.3 is 6.09 Å². The Kier molecular flexibility index (Phi) is 2.85. The van der Waals surface area contributed by atoms with Crippen LogP contribution >= 0.6 is 0 Å². The molecule has 1 aliphatic rings. The molecule has 1 rings (SSSR count). The fraction of sp³-hybridized carbons (Fsp3) is 0.833. The number of hydrogen-bond donors (Lipinski definition) is 4. The van der Waals surface area contributed by atoms with Gasteiger partial charge in [-0.15, -0.1) is 0 Å². The third kappa shape index (κ3) is 1.84. The van der Waals surface area contributed by atoms with Crippen LogP contribution < -0.4 is 5.32 Å². The van der Waals surface area contributed by atoms with Crippen LogP contribution in [0.2, 0.25) is 0 Å². The fourth-order valence-electron chi connectivity index (χ4n) is 0.951. The third-order valence-electron chi connectivity index (χ3n) is 1.67. The van der Waals surface area contributed by atoms with Gasteiger partial charge in [0.25, 0.3) is 0 Å². The number of cyclic esters (lactones) is 1. The van der Waals surface area contributed by atoms with Gasteiger partial charge in [-0.1, -0.05) is 0 Å². The summed E-state index contributed by atoms with van der Waals surface area (Å²) in [7, 11) is 0. The van der Waals surface area contributed by atoms with Crippen LogP contribution in [0.3, 0.4) is 0 Å². The van der Waals surface area contributed by atoms with E-state index in [1.54, 1.807) is 0 Å². The zero-order valence-corrected chi connectivity index (χ0v) is 6.30. The summed E-state index contributed by atoms with van der Waals surface area (Å²) in [5.74, 6) is 0. The molecule has 1 saturated heterocycles. The summed E-state index contributed by atoms with van der Waals surface area (Å²) in [6.07, 6.45) is -3.92. The van der Waals surface area contributed by atoms with Crippen LogP contribution in [0.25, 0.3) is 0 Å². The number of carbonyl (C=O) groups is 1. The van der Waals surface area contributed by atoms with Crippen molar-refractivity contribution in [2.45, 2.75) is 18.3 Å². The van der Waals surface area contributed by atoms with Gasteiger partial charge in [-0.05, 0) is 0 Å². The van der Waals surface area contributed by atoms with Crippen LogP contribution in [0.1, 0.15) is 0 Å². The summed E-state index contributed by atoms with van der Waals surface area (Å²) in [6, 6.07) is 0. The molecule has 1 amide bonds. The van der Waals surface area contributed by atoms with Crippen molar-refractivity contribution < 1.29 is 24.9 Å². The summed E-state index contributed by atoms with van der Waals surface area (Å²) in [4.78, 5) is 10.5. The van der Waals surface area contributed by atoms with E-state index >= 15 is 0 Å². The summed E-state index contributed by atoms with van der Waals surface area (Å²) in [6.45, 7) is -0.410. The van der Waals surface area contributed by atoms with Crippen LogP contribution in [-0.2, 0) is 4.74 Å². The number of ether oxygens (including phenoxy) is 1. The molecule has 70 valence electrons. The van der Waals surface area contributed by atoms with Gasteiger partial charge in [0.05, 0.1) is 13.2 Å². The quantitative estimate of drug-likeness (QED) is 0.392. The monoisotopic (exact) mass is 177 g/mol. The maximum atomic E-state index is 10.5. The maximum absolute atomic E-state index is 10.5. The van der Waals surface area contributed by atoms with Crippen molar-refractivity contribution in [3.63, 3.8) is 0 Å². The number of amides is 1. The van der Waals surface area contributed by atoms with Crippen molar-refractivity contribution in [3.05, 3.63) is 0 Å². The van der Waals surface area contributed by atoms with E-state index in [2.05, 4.69) is 10.1 Å². The Morgan fingerprint density at radius 3 is 2.75 bits per heavy atom. The first-order chi connectivity index (χ1) is 5.65. The van der Waals surface area contributed by atoms with Crippen LogP contribution in [0.5, 0.6) is 0 Å². The van der Waals surface area contributed by atoms with E-state index in [4.69, 9.17) is 10.2 Å². The number of rotatable bonds is 3. The standard InChI is InChI=1S/C6H11NO5/c8-2-3(9)5(10)4-1-7-6(11)12-4/h3-5,8-10H,1-2H2,(H,7,11). The number of nitrogens with one attached hydrogen (secondary N) is 1. The van der Waals surface area contributed by atoms with Crippen molar-refractivity contribution >= 4 is 6.09 Å². The first-order valence-corrected chi connectivity index (χ1v) is 3.56. The molecule has 0 bridgehead atoms. The van der Waals surface area contributed by atoms with Crippen molar-refractivity contribution in [3.8, 4) is 0 Å². The van der Waals surface area contributed by atoms with E-state index in [0.717, 1.165) is 0 Å². The zero-order valence-electron chi connectivity index (χ0n) is 6.30. The lowest BCUT2D eigenvalue weighted by atomic mass is 10.1. The van der Waals surface area contributed by atoms with E-state index in [1.807, 2.05) is 0 Å². The predicted molar refractivity (Wildman–Crippen MR) is 37.4 cm³/mol. The lowest BCUT2D eigenvalue weighted by Crippen LogP contribution is -2.41. The lowest BCUT2D eigenvalue weighted by Gasteiger charge is -2.19. The van der Waals surface area contributed by atoms with Gasteiger partial charge in [0, 0.05) is 0 Å². The Balaban J connectivity index is 2.42. The van der Waals surface area contributed by atoms with Gasteiger partial charge in [0.1, 0.15) is 18.3 Å². The molecule has 0 radical (unpaired) electrons. The van der Waals surface area contributed by atoms with Gasteiger partial charge in [-0.25, -0.2) is 4.79 Å². The van der Waals surface area contributed by atoms with Crippen LogP contribution in [-0.4, -0.2) is 52.9 Å². The molecular formula is C6H11NO5. The molecule has 0 aromatic heterocycles. The van der Waals surface area contributed by atoms with Crippen LogP contribution in [0.15, 0.2) is 0 Å². The van der Waals surface area contributed by atoms with Crippen LogP contribution in [0, 0.1) is 0 Å². The number of aliphatic hydroxyl groups excluding tert-OH is 3. The normalized spacial score (nSPS) is 27.6. The van der Waals surface area contributed by atoms with Crippen molar-refractivity contribution in [2.75, 3.05) is 13.2 Å². The highest BCUT2D eigenvalue weighted by atomic mass is 16.6. The average molecular weight is 177 g/mol. The molecule has 0 spiro atoms. The van der Waals surface area contributed by atoms with Gasteiger partial charge in [0.15, 0.2) is 0 Å². The predicted octanol–water partition coefficient (Wildman–Crippen LogP) is -2.19. The fourth-order valence-corrected chi connectivity index (χ4v) is 0.951. The van der Waals surface area contributed by atoms with E-state index < -0.39 is 31.0 Å². The molecule has 6 heteroatoms. The lowest BCUT2D eigenvalue weighted by molar-refractivity contribution is -0.0658. The Morgan fingerprint density at radius 2 is 2.33 bits per heavy atom. The molecule has 6 nitrogen and oxygen atoms in total. The molecule has 3 atom stereocenters. The highest BCUT2D eigenvalue weighted by Gasteiger charge is 2.33. The second-order valence-electron chi connectivity index (χ2n) is 2.57. The first kappa shape index (κ1) is 9.24. The summed E-state index contributed by atoms with van der Waals surface area (Å²) in [5.41, 5.74) is 0. The van der Waals surface area contributed by atoms with Crippen molar-refractivity contribution in [2.24, 2.45) is 0 Å². The minimum atomic E-state index is -1.28. The van der Waals surface area contributed by atoms with E-state index in [-0.39, 0.29) is 6.54 Å². The zero-order chi connectivity index (χ0) is 9.14. The third-order valence-corrected chi connectivity index (χ3v) is 1.67. The Bertz CT molecular complexity index is 173. The smallest absolute Gasteiger partial charge is 0.407 e. The summed E-state index contributed by atoms with van der Waals surface area (Å²) in [5, 5.41) is 28.9. The Hall–Kier alpha value is -0.850. The second-order valence-corrected chi connectivity index (χ2v) is 2.57. The molecule has 0 aromatic carbocycles. The highest BCUT2D eigenvalue weighted by molar-refractivity contribution is 5.69.